The smallest absolute Gasteiger partial charge is 0.259 e. The van der Waals surface area contributed by atoms with Crippen LogP contribution >= 0.6 is 0 Å². The number of aryl methyl sites for hydroxylation is 2. The van der Waals surface area contributed by atoms with Crippen molar-refractivity contribution in [2.24, 2.45) is 0 Å². The molecule has 0 bridgehead atoms. The van der Waals surface area contributed by atoms with Gasteiger partial charge in [0, 0.05) is 5.56 Å². The van der Waals surface area contributed by atoms with Crippen molar-refractivity contribution >= 4 is 17.6 Å². The summed E-state index contributed by atoms with van der Waals surface area (Å²) >= 11 is 0. The van der Waals surface area contributed by atoms with Gasteiger partial charge in [-0.2, -0.15) is 0 Å². The lowest BCUT2D eigenvalue weighted by molar-refractivity contribution is -0.121. The van der Waals surface area contributed by atoms with Gasteiger partial charge in [0.2, 0.25) is 0 Å². The molecule has 0 spiro atoms. The zero-order valence-corrected chi connectivity index (χ0v) is 15.6. The molecule has 6 nitrogen and oxygen atoms in total. The van der Waals surface area contributed by atoms with E-state index in [2.05, 4.69) is 10.6 Å². The minimum absolute atomic E-state index is 0.254. The summed E-state index contributed by atoms with van der Waals surface area (Å²) in [7, 11) is 0. The van der Waals surface area contributed by atoms with Gasteiger partial charge in [0.25, 0.3) is 11.8 Å². The first-order chi connectivity index (χ1) is 13.5. The molecule has 0 saturated carbocycles. The molecule has 144 valence electrons. The molecule has 0 saturated heterocycles. The van der Waals surface area contributed by atoms with Crippen LogP contribution in [0.4, 0.5) is 0 Å². The summed E-state index contributed by atoms with van der Waals surface area (Å²) in [6.07, 6.45) is 1.13. The van der Waals surface area contributed by atoms with E-state index in [1.165, 1.54) is 0 Å². The summed E-state index contributed by atoms with van der Waals surface area (Å²) in [4.78, 5) is 36.6. The molecule has 1 atom stereocenters. The van der Waals surface area contributed by atoms with Gasteiger partial charge in [-0.05, 0) is 37.5 Å². The van der Waals surface area contributed by atoms with E-state index in [0.29, 0.717) is 18.4 Å². The van der Waals surface area contributed by atoms with Crippen molar-refractivity contribution in [1.29, 1.82) is 0 Å². The monoisotopic (exact) mass is 378 g/mol. The number of ketones is 1. The molecule has 1 aliphatic rings. The van der Waals surface area contributed by atoms with Gasteiger partial charge in [0.05, 0.1) is 12.6 Å². The van der Waals surface area contributed by atoms with Crippen molar-refractivity contribution in [2.45, 2.75) is 25.8 Å². The fourth-order valence-corrected chi connectivity index (χ4v) is 3.08. The molecule has 1 unspecified atom stereocenters. The van der Waals surface area contributed by atoms with Gasteiger partial charge >= 0.3 is 0 Å². The van der Waals surface area contributed by atoms with Gasteiger partial charge < -0.3 is 15.7 Å². The van der Waals surface area contributed by atoms with Gasteiger partial charge in [-0.25, -0.2) is 0 Å². The number of aliphatic hydroxyl groups is 1. The summed E-state index contributed by atoms with van der Waals surface area (Å²) in [5.74, 6) is -1.88. The summed E-state index contributed by atoms with van der Waals surface area (Å²) in [6, 6.07) is 16.0. The van der Waals surface area contributed by atoms with E-state index in [4.69, 9.17) is 0 Å². The highest BCUT2D eigenvalue weighted by molar-refractivity contribution is 6.22. The molecule has 1 heterocycles. The normalized spacial score (nSPS) is 16.0. The van der Waals surface area contributed by atoms with Crippen molar-refractivity contribution in [3.8, 4) is 0 Å². The predicted octanol–water partition coefficient (Wildman–Crippen LogP) is 2.24. The molecule has 0 aromatic heterocycles. The van der Waals surface area contributed by atoms with E-state index in [0.717, 1.165) is 11.1 Å². The molecule has 2 aromatic carbocycles. The number of nitrogens with one attached hydrogen (secondary N) is 2. The maximum atomic E-state index is 12.4. The van der Waals surface area contributed by atoms with Crippen LogP contribution in [0.2, 0.25) is 0 Å². The van der Waals surface area contributed by atoms with E-state index >= 15 is 0 Å². The molecule has 0 fully saturated rings. The third kappa shape index (κ3) is 4.46. The Morgan fingerprint density at radius 1 is 1.07 bits per heavy atom. The highest BCUT2D eigenvalue weighted by Crippen LogP contribution is 2.20. The van der Waals surface area contributed by atoms with Crippen LogP contribution in [0.3, 0.4) is 0 Å². The number of carbonyl (C=O) groups excluding carboxylic acids is 3. The van der Waals surface area contributed by atoms with E-state index in [-0.39, 0.29) is 17.9 Å². The minimum Gasteiger partial charge on any atom is -0.509 e. The molecule has 3 N–H and O–H groups in total. The second-order valence-electron chi connectivity index (χ2n) is 6.78. The van der Waals surface area contributed by atoms with Gasteiger partial charge in [-0.3, -0.25) is 14.4 Å². The van der Waals surface area contributed by atoms with Gasteiger partial charge in [-0.1, -0.05) is 48.0 Å². The largest absolute Gasteiger partial charge is 0.509 e. The Balaban J connectivity index is 1.60. The SMILES string of the molecule is Cc1ccc(C(=O)NCC(=O)C2=C(O)C(CCc3ccccc3)NC2=O)cc1. The first kappa shape index (κ1) is 19.4. The van der Waals surface area contributed by atoms with Crippen LogP contribution in [0.5, 0.6) is 0 Å². The van der Waals surface area contributed by atoms with Crippen molar-refractivity contribution in [3.63, 3.8) is 0 Å². The molecule has 0 radical (unpaired) electrons. The number of hydrogen-bond acceptors (Lipinski definition) is 4. The number of hydrogen-bond donors (Lipinski definition) is 3. The van der Waals surface area contributed by atoms with Crippen LogP contribution in [0.15, 0.2) is 65.9 Å². The lowest BCUT2D eigenvalue weighted by Crippen LogP contribution is -2.33. The zero-order valence-electron chi connectivity index (χ0n) is 15.6. The number of amides is 2. The molecule has 2 aromatic rings. The Hall–Kier alpha value is -3.41. The van der Waals surface area contributed by atoms with Gasteiger partial charge in [0.15, 0.2) is 5.78 Å². The number of benzene rings is 2. The number of carbonyl (C=O) groups is 3. The summed E-state index contributed by atoms with van der Waals surface area (Å²) in [6.45, 7) is 1.55. The Kier molecular flexibility index (Phi) is 5.89. The molecular weight excluding hydrogens is 356 g/mol. The van der Waals surface area contributed by atoms with Crippen molar-refractivity contribution in [3.05, 3.63) is 82.6 Å². The van der Waals surface area contributed by atoms with Crippen LogP contribution in [0, 0.1) is 6.92 Å². The Morgan fingerprint density at radius 2 is 1.75 bits per heavy atom. The predicted molar refractivity (Wildman–Crippen MR) is 105 cm³/mol. The van der Waals surface area contributed by atoms with E-state index in [1.54, 1.807) is 24.3 Å². The lowest BCUT2D eigenvalue weighted by Gasteiger charge is -2.10. The van der Waals surface area contributed by atoms with E-state index < -0.39 is 23.6 Å². The topological polar surface area (TPSA) is 95.5 Å². The molecule has 6 heteroatoms. The summed E-state index contributed by atoms with van der Waals surface area (Å²) < 4.78 is 0. The van der Waals surface area contributed by atoms with Crippen molar-refractivity contribution in [2.75, 3.05) is 6.54 Å². The Morgan fingerprint density at radius 3 is 2.43 bits per heavy atom. The van der Waals surface area contributed by atoms with Gasteiger partial charge in [-0.15, -0.1) is 0 Å². The van der Waals surface area contributed by atoms with Gasteiger partial charge in [0.1, 0.15) is 11.3 Å². The number of aliphatic hydroxyl groups excluding tert-OH is 1. The maximum Gasteiger partial charge on any atom is 0.259 e. The second kappa shape index (κ2) is 8.52. The quantitative estimate of drug-likeness (QED) is 0.644. The van der Waals surface area contributed by atoms with Crippen LogP contribution in [0.25, 0.3) is 0 Å². The molecular formula is C22H22N2O4. The molecule has 28 heavy (non-hydrogen) atoms. The Bertz CT molecular complexity index is 917. The molecule has 1 aliphatic heterocycles. The molecule has 3 rings (SSSR count). The lowest BCUT2D eigenvalue weighted by atomic mass is 10.0. The van der Waals surface area contributed by atoms with E-state index in [1.807, 2.05) is 37.3 Å². The van der Waals surface area contributed by atoms with Crippen LogP contribution in [-0.4, -0.2) is 35.3 Å². The highest BCUT2D eigenvalue weighted by atomic mass is 16.3. The fourth-order valence-electron chi connectivity index (χ4n) is 3.08. The summed E-state index contributed by atoms with van der Waals surface area (Å²) in [5.41, 5.74) is 2.25. The van der Waals surface area contributed by atoms with Crippen LogP contribution in [-0.2, 0) is 16.0 Å². The van der Waals surface area contributed by atoms with E-state index in [9.17, 15) is 19.5 Å². The average Bonchev–Trinajstić information content (AvgIpc) is 2.99. The maximum absolute atomic E-state index is 12.4. The Labute approximate surface area is 163 Å². The first-order valence-corrected chi connectivity index (χ1v) is 9.11. The van der Waals surface area contributed by atoms with Crippen LogP contribution < -0.4 is 10.6 Å². The first-order valence-electron chi connectivity index (χ1n) is 9.11. The minimum atomic E-state index is -0.613. The third-order valence-electron chi connectivity index (χ3n) is 4.69. The number of rotatable bonds is 7. The average molecular weight is 378 g/mol. The van der Waals surface area contributed by atoms with Crippen molar-refractivity contribution < 1.29 is 19.5 Å². The summed E-state index contributed by atoms with van der Waals surface area (Å²) in [5, 5.41) is 15.5. The second-order valence-corrected chi connectivity index (χ2v) is 6.78. The molecule has 0 aliphatic carbocycles. The third-order valence-corrected chi connectivity index (χ3v) is 4.69. The standard InChI is InChI=1S/C22H22N2O4/c1-14-7-10-16(11-8-14)21(27)23-13-18(25)19-20(26)17(24-22(19)28)12-9-15-5-3-2-4-6-15/h2-8,10-11,17,26H,9,12-13H2,1H3,(H,23,27)(H,24,28). The van der Waals surface area contributed by atoms with Crippen LogP contribution in [0.1, 0.15) is 27.9 Å². The molecule has 2 amide bonds. The fraction of sp³-hybridized carbons (Fsp3) is 0.227. The zero-order chi connectivity index (χ0) is 20.1. The number of Topliss-reactive ketones (excluding diaryl/α,β-unsaturated/α-hetero) is 1. The highest BCUT2D eigenvalue weighted by Gasteiger charge is 2.35. The van der Waals surface area contributed by atoms with Crippen molar-refractivity contribution in [1.82, 2.24) is 10.6 Å².